The maximum Gasteiger partial charge on any atom is 0.154 e. The molecule has 3 unspecified atom stereocenters. The maximum atomic E-state index is 11.5. The van der Waals surface area contributed by atoms with Gasteiger partial charge in [0.1, 0.15) is 0 Å². The molecule has 5 nitrogen and oxygen atoms in total. The number of nitrogens with zero attached hydrogens (tertiary/aromatic N) is 2. The van der Waals surface area contributed by atoms with Crippen LogP contribution >= 0.6 is 0 Å². The van der Waals surface area contributed by atoms with Gasteiger partial charge in [0.2, 0.25) is 0 Å². The Kier molecular flexibility index (Phi) is 3.77. The minimum atomic E-state index is -3.04. The second kappa shape index (κ2) is 4.84. The molecule has 1 N–H and O–H groups in total. The number of aliphatic hydroxyl groups is 1. The predicted octanol–water partition coefficient (Wildman–Crippen LogP) is -0.830. The highest BCUT2D eigenvalue weighted by Crippen LogP contribution is 2.27. The van der Waals surface area contributed by atoms with Crippen molar-refractivity contribution in [2.75, 3.05) is 38.7 Å². The largest absolute Gasteiger partial charge is 0.390 e. The first kappa shape index (κ1) is 13.3. The minimum Gasteiger partial charge on any atom is -0.390 e. The van der Waals surface area contributed by atoms with E-state index < -0.39 is 15.9 Å². The quantitative estimate of drug-likeness (QED) is 0.719. The fourth-order valence-corrected chi connectivity index (χ4v) is 4.85. The zero-order valence-electron chi connectivity index (χ0n) is 10.5. The lowest BCUT2D eigenvalue weighted by Gasteiger charge is -2.33. The van der Waals surface area contributed by atoms with Gasteiger partial charge in [-0.15, -0.1) is 0 Å². The highest BCUT2D eigenvalue weighted by Gasteiger charge is 2.43. The van der Waals surface area contributed by atoms with E-state index >= 15 is 0 Å². The zero-order chi connectivity index (χ0) is 12.6. The summed E-state index contributed by atoms with van der Waals surface area (Å²) in [6.45, 7) is 1.85. The van der Waals surface area contributed by atoms with Crippen LogP contribution < -0.4 is 0 Å². The van der Waals surface area contributed by atoms with Crippen LogP contribution in [0.5, 0.6) is 0 Å². The van der Waals surface area contributed by atoms with Gasteiger partial charge in [-0.2, -0.15) is 0 Å². The third kappa shape index (κ3) is 2.99. The van der Waals surface area contributed by atoms with E-state index in [4.69, 9.17) is 0 Å². The van der Waals surface area contributed by atoms with Crippen LogP contribution in [-0.2, 0) is 9.84 Å². The van der Waals surface area contributed by atoms with Gasteiger partial charge >= 0.3 is 0 Å². The Balaban J connectivity index is 2.06. The lowest BCUT2D eigenvalue weighted by molar-refractivity contribution is 0.0674. The van der Waals surface area contributed by atoms with E-state index in [1.165, 1.54) is 0 Å². The van der Waals surface area contributed by atoms with Gasteiger partial charge in [0.15, 0.2) is 9.84 Å². The van der Waals surface area contributed by atoms with E-state index in [2.05, 4.69) is 9.80 Å². The Labute approximate surface area is 103 Å². The summed E-state index contributed by atoms with van der Waals surface area (Å²) in [5.74, 6) is 0.0565. The number of sulfone groups is 1. The Morgan fingerprint density at radius 3 is 2.59 bits per heavy atom. The van der Waals surface area contributed by atoms with E-state index in [1.807, 2.05) is 14.1 Å². The molecule has 2 aliphatic rings. The molecule has 0 saturated carbocycles. The zero-order valence-corrected chi connectivity index (χ0v) is 11.4. The molecule has 0 amide bonds. The highest BCUT2D eigenvalue weighted by atomic mass is 32.2. The second-order valence-corrected chi connectivity index (χ2v) is 7.66. The first-order valence-electron chi connectivity index (χ1n) is 6.18. The van der Waals surface area contributed by atoms with Crippen LogP contribution in [0.2, 0.25) is 0 Å². The minimum absolute atomic E-state index is 0.0666. The number of aliphatic hydroxyl groups excluding tert-OH is 1. The second-order valence-electron chi connectivity index (χ2n) is 5.51. The van der Waals surface area contributed by atoms with Crippen LogP contribution in [0, 0.1) is 0 Å². The van der Waals surface area contributed by atoms with Crippen LogP contribution in [0.3, 0.4) is 0 Å². The molecule has 2 saturated heterocycles. The van der Waals surface area contributed by atoms with Crippen molar-refractivity contribution >= 4 is 9.84 Å². The van der Waals surface area contributed by atoms with Gasteiger partial charge in [-0.1, -0.05) is 0 Å². The number of rotatable bonds is 3. The van der Waals surface area contributed by atoms with E-state index in [9.17, 15) is 13.5 Å². The molecule has 0 aromatic carbocycles. The lowest BCUT2D eigenvalue weighted by atomic mass is 10.1. The predicted molar refractivity (Wildman–Crippen MR) is 66.7 cm³/mol. The topological polar surface area (TPSA) is 60.9 Å². The molecule has 17 heavy (non-hydrogen) atoms. The lowest BCUT2D eigenvalue weighted by Crippen LogP contribution is -2.48. The Morgan fingerprint density at radius 1 is 1.35 bits per heavy atom. The Bertz CT molecular complexity index is 369. The summed E-state index contributed by atoms with van der Waals surface area (Å²) < 4.78 is 23.1. The third-order valence-corrected chi connectivity index (χ3v) is 5.42. The van der Waals surface area contributed by atoms with E-state index in [0.29, 0.717) is 6.04 Å². The van der Waals surface area contributed by atoms with Crippen LogP contribution in [0.15, 0.2) is 0 Å². The van der Waals surface area contributed by atoms with Crippen molar-refractivity contribution in [1.82, 2.24) is 9.80 Å². The number of hydrogen-bond acceptors (Lipinski definition) is 5. The molecule has 2 aliphatic heterocycles. The molecule has 2 fully saturated rings. The summed E-state index contributed by atoms with van der Waals surface area (Å²) >= 11 is 0. The van der Waals surface area contributed by atoms with Crippen LogP contribution in [0.1, 0.15) is 12.8 Å². The average Bonchev–Trinajstić information content (AvgIpc) is 2.69. The Hall–Kier alpha value is -0.170. The van der Waals surface area contributed by atoms with Gasteiger partial charge in [-0.25, -0.2) is 8.42 Å². The normalized spacial score (nSPS) is 38.0. The molecule has 0 radical (unpaired) electrons. The van der Waals surface area contributed by atoms with Gasteiger partial charge in [-0.05, 0) is 33.5 Å². The fraction of sp³-hybridized carbons (Fsp3) is 1.00. The number of likely N-dealkylation sites (N-methyl/N-ethyl adjacent to an activating group) is 1. The van der Waals surface area contributed by atoms with Crippen molar-refractivity contribution in [3.63, 3.8) is 0 Å². The van der Waals surface area contributed by atoms with E-state index in [-0.39, 0.29) is 17.5 Å². The van der Waals surface area contributed by atoms with Crippen molar-refractivity contribution < 1.29 is 13.5 Å². The van der Waals surface area contributed by atoms with Gasteiger partial charge in [0.05, 0.1) is 23.7 Å². The van der Waals surface area contributed by atoms with Crippen molar-refractivity contribution in [2.24, 2.45) is 0 Å². The molecule has 0 bridgehead atoms. The smallest absolute Gasteiger partial charge is 0.154 e. The summed E-state index contributed by atoms with van der Waals surface area (Å²) in [7, 11) is 1.01. The molecule has 2 heterocycles. The van der Waals surface area contributed by atoms with Gasteiger partial charge < -0.3 is 10.0 Å². The van der Waals surface area contributed by atoms with Gasteiger partial charge in [0, 0.05) is 12.6 Å². The molecule has 2 rings (SSSR count). The summed E-state index contributed by atoms with van der Waals surface area (Å²) in [5.41, 5.74) is 0. The molecule has 3 atom stereocenters. The molecular weight excluding hydrogens is 240 g/mol. The maximum absolute atomic E-state index is 11.5. The molecule has 0 spiro atoms. The summed E-state index contributed by atoms with van der Waals surface area (Å²) in [4.78, 5) is 4.33. The van der Waals surface area contributed by atoms with Crippen LogP contribution in [0.4, 0.5) is 0 Å². The summed E-state index contributed by atoms with van der Waals surface area (Å²) in [6.07, 6.45) is 1.49. The average molecular weight is 262 g/mol. The van der Waals surface area contributed by atoms with Crippen LogP contribution in [-0.4, -0.2) is 80.2 Å². The molecule has 0 aromatic heterocycles. The third-order valence-electron chi connectivity index (χ3n) is 3.72. The van der Waals surface area contributed by atoms with Gasteiger partial charge in [0.25, 0.3) is 0 Å². The van der Waals surface area contributed by atoms with Crippen molar-refractivity contribution in [3.05, 3.63) is 0 Å². The molecule has 0 aromatic rings. The first-order valence-corrected chi connectivity index (χ1v) is 8.00. The Morgan fingerprint density at radius 2 is 2.06 bits per heavy atom. The van der Waals surface area contributed by atoms with Crippen LogP contribution in [0.25, 0.3) is 0 Å². The van der Waals surface area contributed by atoms with E-state index in [0.717, 1.165) is 25.9 Å². The van der Waals surface area contributed by atoms with E-state index in [1.54, 1.807) is 0 Å². The molecule has 100 valence electrons. The standard InChI is InChI=1S/C11H22N2O3S/c1-12(2)6-9-4-3-5-13(9)10-7-17(15,16)8-11(10)14/h9-11,14H,3-8H2,1-2H3. The summed E-state index contributed by atoms with van der Waals surface area (Å²) in [5, 5.41) is 9.90. The van der Waals surface area contributed by atoms with Gasteiger partial charge in [-0.3, -0.25) is 4.90 Å². The SMILES string of the molecule is CN(C)CC1CCCN1C1CS(=O)(=O)CC1O. The monoisotopic (exact) mass is 262 g/mol. The van der Waals surface area contributed by atoms with Crippen molar-refractivity contribution in [3.8, 4) is 0 Å². The van der Waals surface area contributed by atoms with Crippen molar-refractivity contribution in [2.45, 2.75) is 31.0 Å². The molecule has 6 heteroatoms. The number of hydrogen-bond donors (Lipinski definition) is 1. The van der Waals surface area contributed by atoms with Crippen molar-refractivity contribution in [1.29, 1.82) is 0 Å². The summed E-state index contributed by atoms with van der Waals surface area (Å²) in [6, 6.07) is 0.199. The molecular formula is C11H22N2O3S. The fourth-order valence-electron chi connectivity index (χ4n) is 3.04. The first-order chi connectivity index (χ1) is 7.89. The number of likely N-dealkylation sites (tertiary alicyclic amines) is 1. The highest BCUT2D eigenvalue weighted by molar-refractivity contribution is 7.91. The molecule has 0 aliphatic carbocycles.